The summed E-state index contributed by atoms with van der Waals surface area (Å²) in [5.74, 6) is 0.743. The molecule has 1 aromatic heterocycles. The SMILES string of the molecule is Cc1cc2oc(C(O)C(C)C)cc2c(C)c1Cl. The lowest BCUT2D eigenvalue weighted by Gasteiger charge is -2.10. The largest absolute Gasteiger partial charge is 0.458 e. The van der Waals surface area contributed by atoms with Crippen LogP contribution >= 0.6 is 11.6 Å². The number of rotatable bonds is 2. The van der Waals surface area contributed by atoms with Crippen molar-refractivity contribution < 1.29 is 9.52 Å². The van der Waals surface area contributed by atoms with Crippen LogP contribution in [0.15, 0.2) is 16.5 Å². The van der Waals surface area contributed by atoms with Crippen molar-refractivity contribution in [2.24, 2.45) is 5.92 Å². The lowest BCUT2D eigenvalue weighted by Crippen LogP contribution is -2.03. The number of hydrogen-bond donors (Lipinski definition) is 1. The van der Waals surface area contributed by atoms with Crippen LogP contribution in [0.2, 0.25) is 5.02 Å². The second kappa shape index (κ2) is 4.35. The summed E-state index contributed by atoms with van der Waals surface area (Å²) in [4.78, 5) is 0. The Morgan fingerprint density at radius 3 is 2.47 bits per heavy atom. The molecule has 0 saturated carbocycles. The highest BCUT2D eigenvalue weighted by molar-refractivity contribution is 6.33. The Balaban J connectivity index is 2.62. The van der Waals surface area contributed by atoms with E-state index in [4.69, 9.17) is 16.0 Å². The molecule has 2 nitrogen and oxygen atoms in total. The molecule has 0 fully saturated rings. The van der Waals surface area contributed by atoms with Crippen molar-refractivity contribution in [1.29, 1.82) is 0 Å². The minimum atomic E-state index is -0.569. The standard InChI is InChI=1S/C14H17ClO2/c1-7(2)14(16)12-6-10-9(4)13(15)8(3)5-11(10)17-12/h5-7,14,16H,1-4H3. The molecule has 1 aromatic carbocycles. The van der Waals surface area contributed by atoms with Gasteiger partial charge < -0.3 is 9.52 Å². The van der Waals surface area contributed by atoms with Crippen molar-refractivity contribution in [3.63, 3.8) is 0 Å². The summed E-state index contributed by atoms with van der Waals surface area (Å²) in [6.07, 6.45) is -0.569. The van der Waals surface area contributed by atoms with Crippen molar-refractivity contribution in [1.82, 2.24) is 0 Å². The fraction of sp³-hybridized carbons (Fsp3) is 0.429. The Morgan fingerprint density at radius 2 is 1.88 bits per heavy atom. The Labute approximate surface area is 106 Å². The predicted molar refractivity (Wildman–Crippen MR) is 70.5 cm³/mol. The molecule has 0 aliphatic rings. The summed E-state index contributed by atoms with van der Waals surface area (Å²) in [6.45, 7) is 7.85. The molecule has 0 radical (unpaired) electrons. The van der Waals surface area contributed by atoms with Crippen molar-refractivity contribution in [2.45, 2.75) is 33.8 Å². The van der Waals surface area contributed by atoms with E-state index in [-0.39, 0.29) is 5.92 Å². The third kappa shape index (κ3) is 2.07. The average molecular weight is 253 g/mol. The molecule has 1 unspecified atom stereocenters. The van der Waals surface area contributed by atoms with Gasteiger partial charge in [0.2, 0.25) is 0 Å². The van der Waals surface area contributed by atoms with E-state index in [1.807, 2.05) is 39.8 Å². The van der Waals surface area contributed by atoms with Gasteiger partial charge in [0, 0.05) is 10.4 Å². The van der Waals surface area contributed by atoms with E-state index >= 15 is 0 Å². The maximum Gasteiger partial charge on any atom is 0.135 e. The summed E-state index contributed by atoms with van der Waals surface area (Å²) in [5.41, 5.74) is 2.79. The highest BCUT2D eigenvalue weighted by atomic mass is 35.5. The van der Waals surface area contributed by atoms with E-state index in [1.165, 1.54) is 0 Å². The molecule has 0 saturated heterocycles. The predicted octanol–water partition coefficient (Wildman–Crippen LogP) is 4.39. The molecular weight excluding hydrogens is 236 g/mol. The molecule has 1 heterocycles. The minimum absolute atomic E-state index is 0.132. The first kappa shape index (κ1) is 12.5. The number of aryl methyl sites for hydroxylation is 2. The van der Waals surface area contributed by atoms with E-state index in [0.717, 1.165) is 27.1 Å². The quantitative estimate of drug-likeness (QED) is 0.860. The zero-order valence-corrected chi connectivity index (χ0v) is 11.3. The molecule has 2 aromatic rings. The lowest BCUT2D eigenvalue weighted by atomic mass is 10.0. The van der Waals surface area contributed by atoms with Crippen LogP contribution < -0.4 is 0 Å². The fourth-order valence-corrected chi connectivity index (χ4v) is 2.13. The lowest BCUT2D eigenvalue weighted by molar-refractivity contribution is 0.104. The van der Waals surface area contributed by atoms with E-state index in [9.17, 15) is 5.11 Å². The fourth-order valence-electron chi connectivity index (χ4n) is 1.97. The van der Waals surface area contributed by atoms with Gasteiger partial charge >= 0.3 is 0 Å². The molecule has 92 valence electrons. The van der Waals surface area contributed by atoms with Gasteiger partial charge in [0.1, 0.15) is 17.4 Å². The zero-order chi connectivity index (χ0) is 12.7. The van der Waals surface area contributed by atoms with Crippen LogP contribution in [0, 0.1) is 19.8 Å². The van der Waals surface area contributed by atoms with Crippen molar-refractivity contribution in [3.8, 4) is 0 Å². The average Bonchev–Trinajstić information content (AvgIpc) is 2.68. The van der Waals surface area contributed by atoms with E-state index in [1.54, 1.807) is 0 Å². The summed E-state index contributed by atoms with van der Waals surface area (Å²) in [7, 11) is 0. The van der Waals surface area contributed by atoms with Gasteiger partial charge in [0.05, 0.1) is 0 Å². The van der Waals surface area contributed by atoms with Crippen LogP contribution in [0.25, 0.3) is 11.0 Å². The van der Waals surface area contributed by atoms with Crippen LogP contribution in [0.4, 0.5) is 0 Å². The molecule has 0 amide bonds. The number of benzene rings is 1. The Morgan fingerprint density at radius 1 is 1.24 bits per heavy atom. The van der Waals surface area contributed by atoms with Gasteiger partial charge in [-0.1, -0.05) is 25.4 Å². The number of halogens is 1. The van der Waals surface area contributed by atoms with E-state index < -0.39 is 6.10 Å². The summed E-state index contributed by atoms with van der Waals surface area (Å²) in [6, 6.07) is 3.81. The number of furan rings is 1. The normalized spacial score (nSPS) is 13.6. The van der Waals surface area contributed by atoms with Gasteiger partial charge in [-0.05, 0) is 43.0 Å². The topological polar surface area (TPSA) is 33.4 Å². The second-order valence-corrected chi connectivity index (χ2v) is 5.26. The molecule has 17 heavy (non-hydrogen) atoms. The van der Waals surface area contributed by atoms with Gasteiger partial charge in [0.15, 0.2) is 0 Å². The molecule has 0 aliphatic heterocycles. The molecule has 2 rings (SSSR count). The maximum atomic E-state index is 10.0. The number of aliphatic hydroxyl groups excluding tert-OH is 1. The molecule has 0 bridgehead atoms. The Kier molecular flexibility index (Phi) is 3.19. The summed E-state index contributed by atoms with van der Waals surface area (Å²) < 4.78 is 5.70. The summed E-state index contributed by atoms with van der Waals surface area (Å²) in [5, 5.41) is 11.8. The van der Waals surface area contributed by atoms with Crippen LogP contribution in [0.1, 0.15) is 36.8 Å². The molecule has 0 spiro atoms. The Bertz CT molecular complexity index is 555. The smallest absolute Gasteiger partial charge is 0.135 e. The van der Waals surface area contributed by atoms with E-state index in [2.05, 4.69) is 0 Å². The first-order valence-corrected chi connectivity index (χ1v) is 6.16. The van der Waals surface area contributed by atoms with Crippen LogP contribution in [-0.2, 0) is 0 Å². The molecular formula is C14H17ClO2. The maximum absolute atomic E-state index is 10.0. The van der Waals surface area contributed by atoms with Crippen LogP contribution in [0.5, 0.6) is 0 Å². The van der Waals surface area contributed by atoms with Crippen molar-refractivity contribution in [2.75, 3.05) is 0 Å². The molecule has 1 atom stereocenters. The van der Waals surface area contributed by atoms with Gasteiger partial charge in [-0.2, -0.15) is 0 Å². The summed E-state index contributed by atoms with van der Waals surface area (Å²) >= 11 is 6.20. The van der Waals surface area contributed by atoms with Crippen molar-refractivity contribution >= 4 is 22.6 Å². The third-order valence-electron chi connectivity index (χ3n) is 3.13. The molecule has 3 heteroatoms. The third-order valence-corrected chi connectivity index (χ3v) is 3.71. The van der Waals surface area contributed by atoms with Crippen LogP contribution in [0.3, 0.4) is 0 Å². The van der Waals surface area contributed by atoms with E-state index in [0.29, 0.717) is 5.76 Å². The molecule has 1 N–H and O–H groups in total. The van der Waals surface area contributed by atoms with Gasteiger partial charge in [-0.3, -0.25) is 0 Å². The van der Waals surface area contributed by atoms with Gasteiger partial charge in [-0.25, -0.2) is 0 Å². The highest BCUT2D eigenvalue weighted by Gasteiger charge is 2.18. The molecule has 0 aliphatic carbocycles. The highest BCUT2D eigenvalue weighted by Crippen LogP contribution is 2.34. The number of fused-ring (bicyclic) bond motifs is 1. The van der Waals surface area contributed by atoms with Crippen molar-refractivity contribution in [3.05, 3.63) is 34.0 Å². The van der Waals surface area contributed by atoms with Gasteiger partial charge in [0.25, 0.3) is 0 Å². The monoisotopic (exact) mass is 252 g/mol. The number of hydrogen-bond acceptors (Lipinski definition) is 2. The van der Waals surface area contributed by atoms with Gasteiger partial charge in [-0.15, -0.1) is 0 Å². The Hall–Kier alpha value is -0.990. The first-order valence-electron chi connectivity index (χ1n) is 5.79. The number of aliphatic hydroxyl groups is 1. The minimum Gasteiger partial charge on any atom is -0.458 e. The zero-order valence-electron chi connectivity index (χ0n) is 10.5. The second-order valence-electron chi connectivity index (χ2n) is 4.88. The van der Waals surface area contributed by atoms with Crippen LogP contribution in [-0.4, -0.2) is 5.11 Å². The first-order chi connectivity index (χ1) is 7.91.